The van der Waals surface area contributed by atoms with Crippen LogP contribution < -0.4 is 10.1 Å². The quantitative estimate of drug-likeness (QED) is 0.779. The number of carbonyl (C=O) groups excluding carboxylic acids is 2. The van der Waals surface area contributed by atoms with Crippen molar-refractivity contribution in [3.8, 4) is 5.75 Å². The number of β-lactam (4-membered cyclic amide) rings is 1. The molecule has 1 saturated heterocycles. The summed E-state index contributed by atoms with van der Waals surface area (Å²) >= 11 is 7.25. The molecule has 2 aliphatic heterocycles. The van der Waals surface area contributed by atoms with Crippen molar-refractivity contribution in [3.63, 3.8) is 0 Å². The van der Waals surface area contributed by atoms with Crippen molar-refractivity contribution in [3.05, 3.63) is 41.1 Å². The fourth-order valence-corrected chi connectivity index (χ4v) is 4.26. The number of nitrogens with one attached hydrogen (secondary N) is 1. The summed E-state index contributed by atoms with van der Waals surface area (Å²) in [6.07, 6.45) is -0.840. The minimum Gasteiger partial charge on any atom is -0.477 e. The van der Waals surface area contributed by atoms with Gasteiger partial charge in [-0.05, 0) is 12.1 Å². The van der Waals surface area contributed by atoms with Gasteiger partial charge in [0.25, 0.3) is 5.91 Å². The van der Waals surface area contributed by atoms with Crippen LogP contribution in [-0.4, -0.2) is 44.6 Å². The normalized spacial score (nSPS) is 25.7. The van der Waals surface area contributed by atoms with Gasteiger partial charge in [0.2, 0.25) is 12.0 Å². The van der Waals surface area contributed by atoms with Crippen molar-refractivity contribution in [1.29, 1.82) is 0 Å². The Labute approximate surface area is 146 Å². The zero-order valence-electron chi connectivity index (χ0n) is 12.4. The molecule has 1 fully saturated rings. The Kier molecular flexibility index (Phi) is 4.42. The first-order valence-corrected chi connectivity index (χ1v) is 8.32. The SMILES string of the molecule is CC(=O)NC1S[C@@H]2C(Oc3ccccc3)C(=O)N2C(C(=O)O)=C1Cl. The van der Waals surface area contributed by atoms with E-state index >= 15 is 0 Å². The number of thioether (sulfide) groups is 1. The molecule has 126 valence electrons. The van der Waals surface area contributed by atoms with Crippen LogP contribution >= 0.6 is 23.4 Å². The van der Waals surface area contributed by atoms with E-state index in [9.17, 15) is 19.5 Å². The Morgan fingerprint density at radius 1 is 1.33 bits per heavy atom. The molecule has 2 heterocycles. The smallest absolute Gasteiger partial charge is 0.353 e. The predicted octanol–water partition coefficient (Wildman–Crippen LogP) is 1.35. The lowest BCUT2D eigenvalue weighted by molar-refractivity contribution is -0.157. The third-order valence-electron chi connectivity index (χ3n) is 3.51. The highest BCUT2D eigenvalue weighted by Crippen LogP contribution is 2.45. The summed E-state index contributed by atoms with van der Waals surface area (Å²) in [7, 11) is 0. The molecule has 2 unspecified atom stereocenters. The standard InChI is InChI=1S/C15H13ClN2O5S/c1-7(19)17-12-9(16)10(15(21)22)18-13(20)11(14(18)24-12)23-8-5-3-2-4-6-8/h2-6,11-12,14H,1H3,(H,17,19)(H,21,22)/t11?,12?,14-/m1/s1. The number of nitrogens with zero attached hydrogens (tertiary/aromatic N) is 1. The lowest BCUT2D eigenvalue weighted by Gasteiger charge is -2.49. The molecule has 0 bridgehead atoms. The Morgan fingerprint density at radius 2 is 2.00 bits per heavy atom. The summed E-state index contributed by atoms with van der Waals surface area (Å²) in [6.45, 7) is 1.31. The van der Waals surface area contributed by atoms with Gasteiger partial charge < -0.3 is 15.2 Å². The van der Waals surface area contributed by atoms with Gasteiger partial charge in [-0.3, -0.25) is 14.5 Å². The van der Waals surface area contributed by atoms with Crippen LogP contribution in [0.4, 0.5) is 0 Å². The number of rotatable bonds is 4. The van der Waals surface area contributed by atoms with E-state index in [0.29, 0.717) is 5.75 Å². The molecule has 3 atom stereocenters. The predicted molar refractivity (Wildman–Crippen MR) is 87.2 cm³/mol. The summed E-state index contributed by atoms with van der Waals surface area (Å²) in [5.41, 5.74) is -0.322. The van der Waals surface area contributed by atoms with Crippen molar-refractivity contribution in [1.82, 2.24) is 10.2 Å². The van der Waals surface area contributed by atoms with Gasteiger partial charge in [-0.2, -0.15) is 0 Å². The first-order valence-electron chi connectivity index (χ1n) is 7.00. The highest BCUT2D eigenvalue weighted by atomic mass is 35.5. The van der Waals surface area contributed by atoms with Crippen LogP contribution in [0, 0.1) is 0 Å². The summed E-state index contributed by atoms with van der Waals surface area (Å²) in [6, 6.07) is 8.76. The second kappa shape index (κ2) is 6.37. The number of carboxylic acids is 1. The van der Waals surface area contributed by atoms with Gasteiger partial charge in [-0.25, -0.2) is 4.79 Å². The Bertz CT molecular complexity index is 739. The van der Waals surface area contributed by atoms with Gasteiger partial charge in [-0.1, -0.05) is 29.8 Å². The van der Waals surface area contributed by atoms with E-state index in [2.05, 4.69) is 5.32 Å². The minimum absolute atomic E-state index is 0.0922. The van der Waals surface area contributed by atoms with Gasteiger partial charge in [0.05, 0.1) is 5.03 Å². The summed E-state index contributed by atoms with van der Waals surface area (Å²) < 4.78 is 5.67. The average Bonchev–Trinajstić information content (AvgIpc) is 2.54. The molecule has 24 heavy (non-hydrogen) atoms. The number of halogens is 1. The maximum Gasteiger partial charge on any atom is 0.353 e. The molecular weight excluding hydrogens is 356 g/mol. The molecule has 0 radical (unpaired) electrons. The Morgan fingerprint density at radius 3 is 2.58 bits per heavy atom. The molecule has 2 aliphatic rings. The van der Waals surface area contributed by atoms with E-state index < -0.39 is 28.7 Å². The molecule has 9 heteroatoms. The van der Waals surface area contributed by atoms with Gasteiger partial charge in [0.15, 0.2) is 0 Å². The molecule has 0 aromatic heterocycles. The highest BCUT2D eigenvalue weighted by molar-refractivity contribution is 8.01. The molecule has 0 spiro atoms. The summed E-state index contributed by atoms with van der Waals surface area (Å²) in [4.78, 5) is 36.2. The Hall–Kier alpha value is -2.19. The molecule has 0 aliphatic carbocycles. The lowest BCUT2D eigenvalue weighted by atomic mass is 10.1. The first kappa shape index (κ1) is 16.7. The minimum atomic E-state index is -1.33. The van der Waals surface area contributed by atoms with Crippen LogP contribution in [0.5, 0.6) is 5.75 Å². The number of ether oxygens (including phenoxy) is 1. The molecule has 0 saturated carbocycles. The van der Waals surface area contributed by atoms with E-state index in [-0.39, 0.29) is 16.6 Å². The van der Waals surface area contributed by atoms with Crippen LogP contribution in [0.25, 0.3) is 0 Å². The number of fused-ring (bicyclic) bond motifs is 1. The second-order valence-electron chi connectivity index (χ2n) is 5.17. The maximum atomic E-state index is 12.3. The van der Waals surface area contributed by atoms with Crippen molar-refractivity contribution >= 4 is 41.1 Å². The van der Waals surface area contributed by atoms with Crippen LogP contribution in [0.3, 0.4) is 0 Å². The fourth-order valence-electron chi connectivity index (χ4n) is 2.49. The number of benzene rings is 1. The van der Waals surface area contributed by atoms with Crippen molar-refractivity contribution in [2.45, 2.75) is 23.8 Å². The zero-order valence-corrected chi connectivity index (χ0v) is 14.0. The van der Waals surface area contributed by atoms with Crippen LogP contribution in [0.2, 0.25) is 0 Å². The topological polar surface area (TPSA) is 95.9 Å². The van der Waals surface area contributed by atoms with Gasteiger partial charge in [0, 0.05) is 6.92 Å². The van der Waals surface area contributed by atoms with Gasteiger partial charge in [-0.15, -0.1) is 11.8 Å². The highest BCUT2D eigenvalue weighted by Gasteiger charge is 2.57. The van der Waals surface area contributed by atoms with Crippen molar-refractivity contribution in [2.24, 2.45) is 0 Å². The number of hydrogen-bond acceptors (Lipinski definition) is 5. The second-order valence-corrected chi connectivity index (χ2v) is 6.80. The van der Waals surface area contributed by atoms with E-state index in [0.717, 1.165) is 16.7 Å². The van der Waals surface area contributed by atoms with Crippen LogP contribution in [-0.2, 0) is 14.4 Å². The third-order valence-corrected chi connectivity index (χ3v) is 5.40. The molecule has 2 amide bonds. The van der Waals surface area contributed by atoms with Crippen LogP contribution in [0.15, 0.2) is 41.1 Å². The molecule has 3 rings (SSSR count). The number of carboxylic acid groups (broad SMARTS) is 1. The molecule has 1 aromatic carbocycles. The first-order chi connectivity index (χ1) is 11.4. The number of amides is 2. The van der Waals surface area contributed by atoms with E-state index in [1.807, 2.05) is 6.07 Å². The number of hydrogen-bond donors (Lipinski definition) is 2. The average molecular weight is 369 g/mol. The van der Waals surface area contributed by atoms with Crippen LogP contribution in [0.1, 0.15) is 6.92 Å². The maximum absolute atomic E-state index is 12.3. The number of aliphatic carboxylic acids is 1. The van der Waals surface area contributed by atoms with E-state index in [1.165, 1.54) is 6.92 Å². The third kappa shape index (κ3) is 2.83. The molecular formula is C15H13ClN2O5S. The largest absolute Gasteiger partial charge is 0.477 e. The molecule has 7 nitrogen and oxygen atoms in total. The monoisotopic (exact) mass is 368 g/mol. The van der Waals surface area contributed by atoms with E-state index in [1.54, 1.807) is 24.3 Å². The van der Waals surface area contributed by atoms with Gasteiger partial charge >= 0.3 is 5.97 Å². The number of para-hydroxylation sites is 1. The number of carbonyl (C=O) groups is 3. The summed E-state index contributed by atoms with van der Waals surface area (Å²) in [5.74, 6) is -1.65. The molecule has 1 aromatic rings. The molecule has 2 N–H and O–H groups in total. The van der Waals surface area contributed by atoms with Crippen molar-refractivity contribution < 1.29 is 24.2 Å². The zero-order chi connectivity index (χ0) is 17.4. The van der Waals surface area contributed by atoms with E-state index in [4.69, 9.17) is 16.3 Å². The fraction of sp³-hybridized carbons (Fsp3) is 0.267. The Balaban J connectivity index is 1.88. The van der Waals surface area contributed by atoms with Crippen molar-refractivity contribution in [2.75, 3.05) is 0 Å². The van der Waals surface area contributed by atoms with Gasteiger partial charge in [0.1, 0.15) is 22.2 Å². The summed E-state index contributed by atoms with van der Waals surface area (Å²) in [5, 5.41) is 10.5. The lowest BCUT2D eigenvalue weighted by Crippen LogP contribution is -2.68.